The van der Waals surface area contributed by atoms with Crippen LogP contribution in [0.3, 0.4) is 0 Å². The lowest BCUT2D eigenvalue weighted by atomic mass is 9.81. The van der Waals surface area contributed by atoms with Crippen molar-refractivity contribution in [1.29, 1.82) is 0 Å². The van der Waals surface area contributed by atoms with Crippen LogP contribution >= 0.6 is 0 Å². The SMILES string of the molecule is CC1=NN(c2ccccc2)C(=O)/C1=C\C=C1/N(C)c2ccc3ccccc3c2C1(C)C. The molecule has 0 saturated carbocycles. The van der Waals surface area contributed by atoms with Gasteiger partial charge in [-0.1, -0.05) is 62.4 Å². The molecule has 4 heteroatoms. The van der Waals surface area contributed by atoms with Gasteiger partial charge in [-0.05, 0) is 53.6 Å². The van der Waals surface area contributed by atoms with Gasteiger partial charge in [-0.25, -0.2) is 0 Å². The Kier molecular flexibility index (Phi) is 4.33. The normalized spacial score (nSPS) is 20.1. The second-order valence-electron chi connectivity index (χ2n) is 8.64. The first-order valence-corrected chi connectivity index (χ1v) is 10.5. The largest absolute Gasteiger partial charge is 0.347 e. The van der Waals surface area contributed by atoms with Crippen LogP contribution in [0.15, 0.2) is 95.3 Å². The molecule has 0 fully saturated rings. The number of benzene rings is 3. The minimum atomic E-state index is -0.187. The second kappa shape index (κ2) is 6.95. The summed E-state index contributed by atoms with van der Waals surface area (Å²) in [6, 6.07) is 22.4. The monoisotopic (exact) mass is 407 g/mol. The van der Waals surface area contributed by atoms with Gasteiger partial charge in [0.1, 0.15) is 0 Å². The van der Waals surface area contributed by atoms with Gasteiger partial charge in [-0.3, -0.25) is 4.79 Å². The summed E-state index contributed by atoms with van der Waals surface area (Å²) in [4.78, 5) is 15.3. The van der Waals surface area contributed by atoms with E-state index in [-0.39, 0.29) is 11.3 Å². The number of allylic oxidation sites excluding steroid dienone is 3. The lowest BCUT2D eigenvalue weighted by Gasteiger charge is -2.24. The molecule has 0 saturated heterocycles. The van der Waals surface area contributed by atoms with Crippen molar-refractivity contribution in [3.05, 3.63) is 95.7 Å². The van der Waals surface area contributed by atoms with Crippen molar-refractivity contribution < 1.29 is 4.79 Å². The second-order valence-corrected chi connectivity index (χ2v) is 8.64. The molecule has 0 aromatic heterocycles. The number of anilines is 2. The summed E-state index contributed by atoms with van der Waals surface area (Å²) in [5, 5.41) is 8.49. The number of hydrazone groups is 1. The van der Waals surface area contributed by atoms with E-state index in [1.807, 2.05) is 43.3 Å². The highest BCUT2D eigenvalue weighted by Gasteiger charge is 2.39. The Hall–Kier alpha value is -3.66. The number of nitrogens with zero attached hydrogens (tertiary/aromatic N) is 3. The lowest BCUT2D eigenvalue weighted by Crippen LogP contribution is -2.23. The van der Waals surface area contributed by atoms with Crippen LogP contribution in [-0.4, -0.2) is 18.7 Å². The molecular weight excluding hydrogens is 382 g/mol. The van der Waals surface area contributed by atoms with Gasteiger partial charge in [-0.2, -0.15) is 10.1 Å². The van der Waals surface area contributed by atoms with Crippen molar-refractivity contribution in [3.8, 4) is 0 Å². The van der Waals surface area contributed by atoms with Gasteiger partial charge in [0, 0.05) is 23.8 Å². The minimum absolute atomic E-state index is 0.0954. The number of carbonyl (C=O) groups is 1. The Morgan fingerprint density at radius 1 is 0.903 bits per heavy atom. The molecule has 0 atom stereocenters. The first-order valence-electron chi connectivity index (χ1n) is 10.5. The molecule has 3 aromatic rings. The molecule has 5 rings (SSSR count). The van der Waals surface area contributed by atoms with Crippen LogP contribution in [0.2, 0.25) is 0 Å². The predicted octanol–water partition coefficient (Wildman–Crippen LogP) is 5.80. The molecule has 0 N–H and O–H groups in total. The molecule has 3 aromatic carbocycles. The van der Waals surface area contributed by atoms with E-state index in [0.29, 0.717) is 5.57 Å². The Morgan fingerprint density at radius 2 is 1.61 bits per heavy atom. The standard InChI is InChI=1S/C27H25N3O/c1-18-21(26(31)30(28-18)20-11-6-5-7-12-20)15-17-24-27(2,3)25-22-13-9-8-10-19(22)14-16-23(25)29(24)4/h5-17H,1-4H3/b21-15-,24-17-. The number of hydrogen-bond donors (Lipinski definition) is 0. The molecule has 31 heavy (non-hydrogen) atoms. The third-order valence-corrected chi connectivity index (χ3v) is 6.37. The number of para-hydroxylation sites is 1. The maximum Gasteiger partial charge on any atom is 0.280 e. The molecule has 1 amide bonds. The molecule has 2 heterocycles. The molecule has 4 nitrogen and oxygen atoms in total. The highest BCUT2D eigenvalue weighted by atomic mass is 16.2. The first-order chi connectivity index (χ1) is 14.9. The number of fused-ring (bicyclic) bond motifs is 3. The van der Waals surface area contributed by atoms with Crippen LogP contribution in [0.1, 0.15) is 26.3 Å². The first kappa shape index (κ1) is 19.3. The summed E-state index contributed by atoms with van der Waals surface area (Å²) in [6.07, 6.45) is 4.00. The lowest BCUT2D eigenvalue weighted by molar-refractivity contribution is -0.114. The molecular formula is C27H25N3O. The van der Waals surface area contributed by atoms with E-state index in [2.05, 4.69) is 73.4 Å². The molecule has 2 aliphatic heterocycles. The predicted molar refractivity (Wildman–Crippen MR) is 129 cm³/mol. The van der Waals surface area contributed by atoms with E-state index in [4.69, 9.17) is 0 Å². The maximum absolute atomic E-state index is 13.1. The number of rotatable bonds is 2. The quantitative estimate of drug-likeness (QED) is 0.503. The van der Waals surface area contributed by atoms with Crippen molar-refractivity contribution in [1.82, 2.24) is 0 Å². The fourth-order valence-electron chi connectivity index (χ4n) is 4.81. The van der Waals surface area contributed by atoms with E-state index in [0.717, 1.165) is 17.1 Å². The number of amides is 1. The zero-order chi connectivity index (χ0) is 21.8. The van der Waals surface area contributed by atoms with Crippen molar-refractivity contribution in [3.63, 3.8) is 0 Å². The minimum Gasteiger partial charge on any atom is -0.347 e. The number of hydrogen-bond acceptors (Lipinski definition) is 3. The summed E-state index contributed by atoms with van der Waals surface area (Å²) in [7, 11) is 2.10. The van der Waals surface area contributed by atoms with Crippen molar-refractivity contribution in [2.24, 2.45) is 5.10 Å². The third-order valence-electron chi connectivity index (χ3n) is 6.37. The summed E-state index contributed by atoms with van der Waals surface area (Å²) in [5.41, 5.74) is 5.64. The van der Waals surface area contributed by atoms with E-state index in [1.165, 1.54) is 27.0 Å². The van der Waals surface area contributed by atoms with Gasteiger partial charge < -0.3 is 4.90 Å². The molecule has 0 bridgehead atoms. The van der Waals surface area contributed by atoms with Crippen LogP contribution in [0.4, 0.5) is 11.4 Å². The highest BCUT2D eigenvalue weighted by Crippen LogP contribution is 2.50. The number of carbonyl (C=O) groups excluding carboxylic acids is 1. The molecule has 0 radical (unpaired) electrons. The summed E-state index contributed by atoms with van der Waals surface area (Å²) in [6.45, 7) is 6.39. The molecule has 0 unspecified atom stereocenters. The zero-order valence-corrected chi connectivity index (χ0v) is 18.3. The Morgan fingerprint density at radius 3 is 2.39 bits per heavy atom. The van der Waals surface area contributed by atoms with E-state index < -0.39 is 0 Å². The topological polar surface area (TPSA) is 35.9 Å². The summed E-state index contributed by atoms with van der Waals surface area (Å²) < 4.78 is 0. The fraction of sp³-hybridized carbons (Fsp3) is 0.185. The molecule has 0 spiro atoms. The maximum atomic E-state index is 13.1. The van der Waals surface area contributed by atoms with Gasteiger partial charge in [0.2, 0.25) is 0 Å². The Balaban J connectivity index is 1.56. The Bertz CT molecular complexity index is 1300. The van der Waals surface area contributed by atoms with Gasteiger partial charge in [0.15, 0.2) is 0 Å². The van der Waals surface area contributed by atoms with Crippen LogP contribution < -0.4 is 9.91 Å². The van der Waals surface area contributed by atoms with Gasteiger partial charge in [-0.15, -0.1) is 0 Å². The van der Waals surface area contributed by atoms with Crippen LogP contribution in [0, 0.1) is 0 Å². The molecule has 0 aliphatic carbocycles. The average Bonchev–Trinajstić information content (AvgIpc) is 3.17. The molecule has 154 valence electrons. The fourth-order valence-corrected chi connectivity index (χ4v) is 4.81. The summed E-state index contributed by atoms with van der Waals surface area (Å²) in [5.74, 6) is -0.0954. The van der Waals surface area contributed by atoms with Gasteiger partial charge in [0.25, 0.3) is 5.91 Å². The Labute approximate surface area is 182 Å². The number of likely N-dealkylation sites (N-methyl/N-ethyl adjacent to an activating group) is 1. The van der Waals surface area contributed by atoms with Crippen molar-refractivity contribution in [2.45, 2.75) is 26.2 Å². The summed E-state index contributed by atoms with van der Waals surface area (Å²) >= 11 is 0. The highest BCUT2D eigenvalue weighted by molar-refractivity contribution is 6.29. The molecule has 2 aliphatic rings. The van der Waals surface area contributed by atoms with Crippen molar-refractivity contribution in [2.75, 3.05) is 17.0 Å². The van der Waals surface area contributed by atoms with Gasteiger partial charge >= 0.3 is 0 Å². The smallest absolute Gasteiger partial charge is 0.280 e. The van der Waals surface area contributed by atoms with Crippen molar-refractivity contribution >= 4 is 33.8 Å². The zero-order valence-electron chi connectivity index (χ0n) is 18.3. The van der Waals surface area contributed by atoms with Crippen LogP contribution in [-0.2, 0) is 10.2 Å². The van der Waals surface area contributed by atoms with Crippen LogP contribution in [0.25, 0.3) is 10.8 Å². The van der Waals surface area contributed by atoms with E-state index in [9.17, 15) is 4.79 Å². The third kappa shape index (κ3) is 2.90. The van der Waals surface area contributed by atoms with E-state index >= 15 is 0 Å². The van der Waals surface area contributed by atoms with Gasteiger partial charge in [0.05, 0.1) is 17.0 Å². The average molecular weight is 408 g/mol. The van der Waals surface area contributed by atoms with Crippen LogP contribution in [0.5, 0.6) is 0 Å². The van der Waals surface area contributed by atoms with E-state index in [1.54, 1.807) is 0 Å².